The van der Waals surface area contributed by atoms with Gasteiger partial charge in [-0.15, -0.1) is 11.3 Å². The predicted octanol–water partition coefficient (Wildman–Crippen LogP) is 3.30. The molecular weight excluding hydrogens is 282 g/mol. The highest BCUT2D eigenvalue weighted by atomic mass is 32.1. The molecule has 2 heterocycles. The normalized spacial score (nSPS) is 15.9. The first-order valence-corrected chi connectivity index (χ1v) is 8.36. The summed E-state index contributed by atoms with van der Waals surface area (Å²) in [4.78, 5) is 19.8. The van der Waals surface area contributed by atoms with Gasteiger partial charge in [0, 0.05) is 16.5 Å². The molecule has 1 N–H and O–H groups in total. The summed E-state index contributed by atoms with van der Waals surface area (Å²) in [5.74, 6) is 0.881. The maximum atomic E-state index is 12.9. The molecule has 4 nitrogen and oxygen atoms in total. The largest absolute Gasteiger partial charge is 0.305 e. The SMILES string of the molecule is Cc1sc2nc(CNC(C)(C)C)n(C3CC3)c(=O)c2c1C. The lowest BCUT2D eigenvalue weighted by molar-refractivity contribution is 0.409. The summed E-state index contributed by atoms with van der Waals surface area (Å²) in [6.45, 7) is 11.1. The Morgan fingerprint density at radius 3 is 2.57 bits per heavy atom. The lowest BCUT2D eigenvalue weighted by atomic mass is 10.1. The van der Waals surface area contributed by atoms with E-state index in [9.17, 15) is 4.79 Å². The van der Waals surface area contributed by atoms with Crippen LogP contribution in [-0.2, 0) is 6.54 Å². The van der Waals surface area contributed by atoms with E-state index in [1.54, 1.807) is 11.3 Å². The van der Waals surface area contributed by atoms with Gasteiger partial charge in [0.15, 0.2) is 0 Å². The Hall–Kier alpha value is -1.20. The van der Waals surface area contributed by atoms with Gasteiger partial charge in [0.2, 0.25) is 0 Å². The van der Waals surface area contributed by atoms with E-state index in [1.165, 1.54) is 4.88 Å². The van der Waals surface area contributed by atoms with Crippen LogP contribution in [0.2, 0.25) is 0 Å². The number of rotatable bonds is 3. The van der Waals surface area contributed by atoms with Crippen molar-refractivity contribution in [1.82, 2.24) is 14.9 Å². The molecule has 1 saturated carbocycles. The topological polar surface area (TPSA) is 46.9 Å². The molecular formula is C16H23N3OS. The highest BCUT2D eigenvalue weighted by Gasteiger charge is 2.29. The van der Waals surface area contributed by atoms with Gasteiger partial charge in [0.05, 0.1) is 11.9 Å². The van der Waals surface area contributed by atoms with E-state index in [1.807, 2.05) is 11.5 Å². The third-order valence-electron chi connectivity index (χ3n) is 4.00. The van der Waals surface area contributed by atoms with Crippen LogP contribution >= 0.6 is 11.3 Å². The molecule has 1 fully saturated rings. The highest BCUT2D eigenvalue weighted by Crippen LogP contribution is 2.36. The number of hydrogen-bond donors (Lipinski definition) is 1. The molecule has 0 atom stereocenters. The fourth-order valence-corrected chi connectivity index (χ4v) is 3.57. The Morgan fingerprint density at radius 2 is 2.00 bits per heavy atom. The third-order valence-corrected chi connectivity index (χ3v) is 5.10. The van der Waals surface area contributed by atoms with Crippen LogP contribution in [0, 0.1) is 13.8 Å². The maximum absolute atomic E-state index is 12.9. The maximum Gasteiger partial charge on any atom is 0.262 e. The van der Waals surface area contributed by atoms with Crippen molar-refractivity contribution in [3.63, 3.8) is 0 Å². The lowest BCUT2D eigenvalue weighted by Gasteiger charge is -2.21. The zero-order valence-corrected chi connectivity index (χ0v) is 14.2. The van der Waals surface area contributed by atoms with Gasteiger partial charge in [-0.05, 0) is 53.0 Å². The van der Waals surface area contributed by atoms with Gasteiger partial charge in [0.1, 0.15) is 10.7 Å². The van der Waals surface area contributed by atoms with Gasteiger partial charge in [-0.2, -0.15) is 0 Å². The molecule has 0 bridgehead atoms. The van der Waals surface area contributed by atoms with Crippen LogP contribution in [0.3, 0.4) is 0 Å². The van der Waals surface area contributed by atoms with Crippen LogP contribution < -0.4 is 10.9 Å². The van der Waals surface area contributed by atoms with E-state index in [0.717, 1.165) is 34.4 Å². The molecule has 2 aromatic rings. The fraction of sp³-hybridized carbons (Fsp3) is 0.625. The molecule has 0 amide bonds. The Kier molecular flexibility index (Phi) is 3.45. The van der Waals surface area contributed by atoms with Crippen molar-refractivity contribution in [3.05, 3.63) is 26.6 Å². The monoisotopic (exact) mass is 305 g/mol. The number of hydrogen-bond acceptors (Lipinski definition) is 4. The van der Waals surface area contributed by atoms with Gasteiger partial charge in [-0.25, -0.2) is 4.98 Å². The standard InChI is InChI=1S/C16H23N3OS/c1-9-10(2)21-14-13(9)15(20)19(11-6-7-11)12(18-14)8-17-16(3,4)5/h11,17H,6-8H2,1-5H3. The second-order valence-corrected chi connectivity index (χ2v) is 8.20. The Morgan fingerprint density at radius 1 is 1.33 bits per heavy atom. The molecule has 1 aliphatic carbocycles. The van der Waals surface area contributed by atoms with Crippen molar-refractivity contribution in [2.75, 3.05) is 0 Å². The third kappa shape index (κ3) is 2.77. The minimum atomic E-state index is 0.0162. The average molecular weight is 305 g/mol. The minimum Gasteiger partial charge on any atom is -0.305 e. The molecule has 3 rings (SSSR count). The second kappa shape index (κ2) is 4.92. The van der Waals surface area contributed by atoms with E-state index < -0.39 is 0 Å². The van der Waals surface area contributed by atoms with Crippen LogP contribution in [0.25, 0.3) is 10.2 Å². The van der Waals surface area contributed by atoms with Crippen LogP contribution in [0.4, 0.5) is 0 Å². The van der Waals surface area contributed by atoms with E-state index in [-0.39, 0.29) is 11.1 Å². The van der Waals surface area contributed by atoms with Crippen LogP contribution in [0.15, 0.2) is 4.79 Å². The Bertz CT molecular complexity index is 747. The van der Waals surface area contributed by atoms with Gasteiger partial charge in [-0.3, -0.25) is 9.36 Å². The van der Waals surface area contributed by atoms with E-state index in [4.69, 9.17) is 4.98 Å². The first-order valence-electron chi connectivity index (χ1n) is 7.54. The number of aromatic nitrogens is 2. The van der Waals surface area contributed by atoms with Crippen molar-refractivity contribution < 1.29 is 0 Å². The van der Waals surface area contributed by atoms with Crippen molar-refractivity contribution in [2.24, 2.45) is 0 Å². The van der Waals surface area contributed by atoms with E-state index in [2.05, 4.69) is 33.0 Å². The molecule has 0 unspecified atom stereocenters. The average Bonchev–Trinajstić information content (AvgIpc) is 3.14. The highest BCUT2D eigenvalue weighted by molar-refractivity contribution is 7.18. The quantitative estimate of drug-likeness (QED) is 0.946. The summed E-state index contributed by atoms with van der Waals surface area (Å²) in [6, 6.07) is 0.353. The zero-order valence-electron chi connectivity index (χ0n) is 13.4. The van der Waals surface area contributed by atoms with Gasteiger partial charge < -0.3 is 5.32 Å². The summed E-state index contributed by atoms with van der Waals surface area (Å²) in [5.41, 5.74) is 1.26. The van der Waals surface area contributed by atoms with Crippen molar-refractivity contribution in [3.8, 4) is 0 Å². The number of nitrogens with zero attached hydrogens (tertiary/aromatic N) is 2. The molecule has 0 radical (unpaired) electrons. The van der Waals surface area contributed by atoms with Gasteiger partial charge >= 0.3 is 0 Å². The smallest absolute Gasteiger partial charge is 0.262 e. The van der Waals surface area contributed by atoms with E-state index >= 15 is 0 Å². The Labute approximate surface area is 129 Å². The Balaban J connectivity index is 2.14. The minimum absolute atomic E-state index is 0.0162. The number of aryl methyl sites for hydroxylation is 2. The summed E-state index contributed by atoms with van der Waals surface area (Å²) in [5, 5.41) is 4.28. The predicted molar refractivity (Wildman–Crippen MR) is 88.2 cm³/mol. The summed E-state index contributed by atoms with van der Waals surface area (Å²) in [6.07, 6.45) is 2.19. The molecule has 2 aromatic heterocycles. The number of fused-ring (bicyclic) bond motifs is 1. The second-order valence-electron chi connectivity index (χ2n) is 7.00. The summed E-state index contributed by atoms with van der Waals surface area (Å²) >= 11 is 1.63. The first kappa shape index (κ1) is 14.7. The summed E-state index contributed by atoms with van der Waals surface area (Å²) in [7, 11) is 0. The molecule has 21 heavy (non-hydrogen) atoms. The summed E-state index contributed by atoms with van der Waals surface area (Å²) < 4.78 is 1.93. The van der Waals surface area contributed by atoms with Crippen molar-refractivity contribution >= 4 is 21.6 Å². The molecule has 0 aromatic carbocycles. The fourth-order valence-electron chi connectivity index (χ4n) is 2.53. The van der Waals surface area contributed by atoms with Crippen LogP contribution in [0.1, 0.15) is 55.9 Å². The van der Waals surface area contributed by atoms with E-state index in [0.29, 0.717) is 12.6 Å². The molecule has 114 valence electrons. The molecule has 0 saturated heterocycles. The number of nitrogens with one attached hydrogen (secondary N) is 1. The van der Waals surface area contributed by atoms with Crippen molar-refractivity contribution in [2.45, 2.75) is 65.6 Å². The van der Waals surface area contributed by atoms with Crippen molar-refractivity contribution in [1.29, 1.82) is 0 Å². The lowest BCUT2D eigenvalue weighted by Crippen LogP contribution is -2.37. The van der Waals surface area contributed by atoms with Gasteiger partial charge in [-0.1, -0.05) is 0 Å². The molecule has 1 aliphatic rings. The molecule has 0 aliphatic heterocycles. The first-order chi connectivity index (χ1) is 9.78. The van der Waals surface area contributed by atoms with Gasteiger partial charge in [0.25, 0.3) is 5.56 Å². The van der Waals surface area contributed by atoms with Crippen LogP contribution in [0.5, 0.6) is 0 Å². The molecule has 0 spiro atoms. The molecule has 5 heteroatoms. The number of thiophene rings is 1. The zero-order chi connectivity index (χ0) is 15.4. The van der Waals surface area contributed by atoms with Crippen LogP contribution in [-0.4, -0.2) is 15.1 Å².